The summed E-state index contributed by atoms with van der Waals surface area (Å²) in [5.41, 5.74) is 1.64. The Morgan fingerprint density at radius 3 is 0.581 bits per heavy atom. The fraction of sp³-hybridized carbons (Fsp3) is 1.00. The molecule has 43 heavy (non-hydrogen) atoms. The number of hydrogen-bond donors (Lipinski definition) is 3. The molecule has 264 valence electrons. The maximum absolute atomic E-state index is 7.17. The molecule has 0 unspecified atom stereocenters. The summed E-state index contributed by atoms with van der Waals surface area (Å²) < 4.78 is 0. The van der Waals surface area contributed by atoms with Crippen molar-refractivity contribution in [2.45, 2.75) is 237 Å². The van der Waals surface area contributed by atoms with E-state index in [0.717, 1.165) is 0 Å². The minimum absolute atomic E-state index is 0.545. The van der Waals surface area contributed by atoms with Gasteiger partial charge in [-0.05, 0) is 35.5 Å². The summed E-state index contributed by atoms with van der Waals surface area (Å²) in [5.74, 6) is 0. The third-order valence-corrected chi connectivity index (χ3v) is 7.59. The van der Waals surface area contributed by atoms with E-state index < -0.39 is 7.32 Å². The van der Waals surface area contributed by atoms with Crippen molar-refractivity contribution >= 4 is 7.32 Å². The summed E-state index contributed by atoms with van der Waals surface area (Å²) in [7, 11) is -2.17. The van der Waals surface area contributed by atoms with Gasteiger partial charge in [0.2, 0.25) is 0 Å². The van der Waals surface area contributed by atoms with E-state index in [-0.39, 0.29) is 0 Å². The van der Waals surface area contributed by atoms with Gasteiger partial charge in [0, 0.05) is 0 Å². The van der Waals surface area contributed by atoms with E-state index in [1.54, 1.807) is 0 Å². The van der Waals surface area contributed by atoms with Crippen LogP contribution in [0.15, 0.2) is 0 Å². The molecule has 0 atom stereocenters. The second-order valence-corrected chi connectivity index (χ2v) is 16.6. The van der Waals surface area contributed by atoms with Gasteiger partial charge in [-0.15, -0.1) is 0 Å². The van der Waals surface area contributed by atoms with Crippen molar-refractivity contribution < 1.29 is 15.1 Å². The summed E-state index contributed by atoms with van der Waals surface area (Å²) in [6.45, 7) is 27.9. The third kappa shape index (κ3) is 74.6. The predicted molar refractivity (Wildman–Crippen MR) is 199 cm³/mol. The Morgan fingerprint density at radius 2 is 0.442 bits per heavy atom. The average Bonchev–Trinajstić information content (AvgIpc) is 2.86. The van der Waals surface area contributed by atoms with Crippen LogP contribution < -0.4 is 0 Å². The summed E-state index contributed by atoms with van der Waals surface area (Å²) in [5, 5.41) is 21.5. The molecular formula is C39H87BO3. The second kappa shape index (κ2) is 34.8. The van der Waals surface area contributed by atoms with Crippen LogP contribution >= 0.6 is 0 Å². The van der Waals surface area contributed by atoms with Crippen LogP contribution in [0.25, 0.3) is 0 Å². The molecule has 0 aliphatic heterocycles. The summed E-state index contributed by atoms with van der Waals surface area (Å²) in [6, 6.07) is 0. The highest BCUT2D eigenvalue weighted by Gasteiger charge is 2.10. The van der Waals surface area contributed by atoms with Crippen LogP contribution in [0.3, 0.4) is 0 Å². The van der Waals surface area contributed by atoms with Gasteiger partial charge in [-0.1, -0.05) is 218 Å². The fourth-order valence-electron chi connectivity index (χ4n) is 4.84. The molecule has 0 amide bonds. The Balaban J connectivity index is -0.000000249. The number of unbranched alkanes of at least 4 members (excludes halogenated alkanes) is 18. The molecule has 4 heteroatoms. The van der Waals surface area contributed by atoms with Crippen LogP contribution in [-0.4, -0.2) is 22.4 Å². The Hall–Kier alpha value is -0.0551. The van der Waals surface area contributed by atoms with E-state index in [1.807, 2.05) is 0 Å². The highest BCUT2D eigenvalue weighted by atomic mass is 16.5. The minimum Gasteiger partial charge on any atom is -0.402 e. The third-order valence-electron chi connectivity index (χ3n) is 7.59. The van der Waals surface area contributed by atoms with E-state index in [9.17, 15) is 0 Å². The SMILES string of the molecule is CCCCCCCCCC(C)(C)C.CCCCCCCCCC(C)(C)C.CCCCCCCCCC(C)(C)C.OB(O)O. The molecule has 0 aliphatic carbocycles. The van der Waals surface area contributed by atoms with Crippen LogP contribution in [0.5, 0.6) is 0 Å². The molecule has 0 fully saturated rings. The molecule has 0 aromatic carbocycles. The van der Waals surface area contributed by atoms with Gasteiger partial charge in [-0.2, -0.15) is 0 Å². The maximum Gasteiger partial charge on any atom is 0.631 e. The first kappa shape index (κ1) is 49.8. The van der Waals surface area contributed by atoms with Crippen molar-refractivity contribution in [3.05, 3.63) is 0 Å². The summed E-state index contributed by atoms with van der Waals surface area (Å²) in [4.78, 5) is 0. The lowest BCUT2D eigenvalue weighted by molar-refractivity contribution is 0.278. The smallest absolute Gasteiger partial charge is 0.402 e. The zero-order chi connectivity index (χ0) is 34.0. The largest absolute Gasteiger partial charge is 0.631 e. The van der Waals surface area contributed by atoms with Crippen LogP contribution in [0.1, 0.15) is 237 Å². The summed E-state index contributed by atoms with van der Waals surface area (Å²) in [6.07, 6.45) is 34.2. The average molecular weight is 615 g/mol. The molecule has 0 saturated carbocycles. The van der Waals surface area contributed by atoms with E-state index in [0.29, 0.717) is 16.2 Å². The standard InChI is InChI=1S/3C13H28.BH3O3/c3*1-5-6-7-8-9-10-11-12-13(2,3)4;2-1(3)4/h3*5-12H2,1-4H3;2-4H. The predicted octanol–water partition coefficient (Wildman–Crippen LogP) is 13.5. The van der Waals surface area contributed by atoms with Crippen molar-refractivity contribution in [2.75, 3.05) is 0 Å². The molecule has 3 nitrogen and oxygen atoms in total. The zero-order valence-electron chi connectivity index (χ0n) is 32.4. The van der Waals surface area contributed by atoms with E-state index in [1.165, 1.54) is 154 Å². The molecule has 0 spiro atoms. The van der Waals surface area contributed by atoms with Crippen molar-refractivity contribution in [3.8, 4) is 0 Å². The normalized spacial score (nSPS) is 11.5. The molecule has 0 aromatic heterocycles. The summed E-state index contributed by atoms with van der Waals surface area (Å²) >= 11 is 0. The molecular weight excluding hydrogens is 527 g/mol. The molecule has 0 heterocycles. The number of hydrogen-bond acceptors (Lipinski definition) is 3. The van der Waals surface area contributed by atoms with Gasteiger partial charge in [0.25, 0.3) is 0 Å². The van der Waals surface area contributed by atoms with Gasteiger partial charge in [-0.3, -0.25) is 0 Å². The lowest BCUT2D eigenvalue weighted by atomic mass is 9.89. The molecule has 0 rings (SSSR count). The zero-order valence-corrected chi connectivity index (χ0v) is 32.4. The van der Waals surface area contributed by atoms with Crippen LogP contribution in [0, 0.1) is 16.2 Å². The molecule has 0 saturated heterocycles. The lowest BCUT2D eigenvalue weighted by Gasteiger charge is -2.17. The Kier molecular flexibility index (Phi) is 40.3. The first-order valence-corrected chi connectivity index (χ1v) is 19.0. The van der Waals surface area contributed by atoms with Gasteiger partial charge in [0.1, 0.15) is 0 Å². The number of rotatable bonds is 21. The van der Waals surface area contributed by atoms with Gasteiger partial charge in [0.15, 0.2) is 0 Å². The quantitative estimate of drug-likeness (QED) is 0.0890. The first-order valence-electron chi connectivity index (χ1n) is 19.0. The van der Waals surface area contributed by atoms with Crippen LogP contribution in [0.2, 0.25) is 0 Å². The van der Waals surface area contributed by atoms with Crippen molar-refractivity contribution in [1.29, 1.82) is 0 Å². The first-order chi connectivity index (χ1) is 19.9. The minimum atomic E-state index is -2.17. The van der Waals surface area contributed by atoms with E-state index >= 15 is 0 Å². The van der Waals surface area contributed by atoms with E-state index in [4.69, 9.17) is 15.1 Å². The van der Waals surface area contributed by atoms with Gasteiger partial charge < -0.3 is 15.1 Å². The van der Waals surface area contributed by atoms with Crippen molar-refractivity contribution in [2.24, 2.45) is 16.2 Å². The lowest BCUT2D eigenvalue weighted by Crippen LogP contribution is -2.07. The van der Waals surface area contributed by atoms with Gasteiger partial charge in [0.05, 0.1) is 0 Å². The van der Waals surface area contributed by atoms with Crippen LogP contribution in [-0.2, 0) is 0 Å². The Bertz CT molecular complexity index is 417. The fourth-order valence-corrected chi connectivity index (χ4v) is 4.84. The Labute approximate surface area is 275 Å². The van der Waals surface area contributed by atoms with Gasteiger partial charge >= 0.3 is 7.32 Å². The van der Waals surface area contributed by atoms with Crippen molar-refractivity contribution in [1.82, 2.24) is 0 Å². The monoisotopic (exact) mass is 615 g/mol. The van der Waals surface area contributed by atoms with Gasteiger partial charge in [-0.25, -0.2) is 0 Å². The Morgan fingerprint density at radius 1 is 0.302 bits per heavy atom. The highest BCUT2D eigenvalue weighted by Crippen LogP contribution is 2.24. The molecule has 0 aromatic rings. The molecule has 0 aliphatic rings. The maximum atomic E-state index is 7.17. The van der Waals surface area contributed by atoms with E-state index in [2.05, 4.69) is 83.1 Å². The van der Waals surface area contributed by atoms with Crippen LogP contribution in [0.4, 0.5) is 0 Å². The van der Waals surface area contributed by atoms with Crippen molar-refractivity contribution in [3.63, 3.8) is 0 Å². The second-order valence-electron chi connectivity index (χ2n) is 16.6. The highest BCUT2D eigenvalue weighted by molar-refractivity contribution is 6.30. The molecule has 0 radical (unpaired) electrons. The topological polar surface area (TPSA) is 60.7 Å². The molecule has 3 N–H and O–H groups in total. The molecule has 0 bridgehead atoms.